The third kappa shape index (κ3) is 6.44. The number of carbonyl (C=O) groups is 1. The van der Waals surface area contributed by atoms with E-state index in [-0.39, 0.29) is 17.6 Å². The lowest BCUT2D eigenvalue weighted by Gasteiger charge is -2.31. The van der Waals surface area contributed by atoms with E-state index >= 15 is 0 Å². The van der Waals surface area contributed by atoms with Crippen LogP contribution in [-0.4, -0.2) is 61.2 Å². The van der Waals surface area contributed by atoms with E-state index in [2.05, 4.69) is 35.8 Å². The topological polar surface area (TPSA) is 62.2 Å². The largest absolute Gasteiger partial charge is 0.504 e. The number of ether oxygens (including phenoxy) is 2. The summed E-state index contributed by atoms with van der Waals surface area (Å²) in [4.78, 5) is 17.5. The van der Waals surface area contributed by atoms with Crippen molar-refractivity contribution in [3.63, 3.8) is 0 Å². The molecule has 2 atom stereocenters. The number of phenols is 1. The van der Waals surface area contributed by atoms with Crippen LogP contribution in [0.15, 0.2) is 42.5 Å². The molecule has 34 heavy (non-hydrogen) atoms. The van der Waals surface area contributed by atoms with Gasteiger partial charge in [0, 0.05) is 44.6 Å². The van der Waals surface area contributed by atoms with Crippen LogP contribution in [0, 0.1) is 17.8 Å². The molecule has 0 saturated carbocycles. The summed E-state index contributed by atoms with van der Waals surface area (Å²) in [5, 5.41) is 9.96. The highest BCUT2D eigenvalue weighted by Gasteiger charge is 2.36. The molecule has 1 saturated heterocycles. The summed E-state index contributed by atoms with van der Waals surface area (Å²) in [5.74, 6) is 2.72. The van der Waals surface area contributed by atoms with Gasteiger partial charge in [0.05, 0.1) is 14.2 Å². The minimum Gasteiger partial charge on any atom is -0.504 e. The van der Waals surface area contributed by atoms with Gasteiger partial charge < -0.3 is 19.5 Å². The molecule has 2 unspecified atom stereocenters. The fourth-order valence-corrected chi connectivity index (χ4v) is 4.95. The summed E-state index contributed by atoms with van der Waals surface area (Å²) in [7, 11) is 3.26. The van der Waals surface area contributed by atoms with E-state index in [4.69, 9.17) is 9.47 Å². The molecule has 3 rings (SSSR count). The van der Waals surface area contributed by atoms with Crippen LogP contribution in [0.2, 0.25) is 0 Å². The second-order valence-corrected chi connectivity index (χ2v) is 10.1. The molecule has 0 radical (unpaired) electrons. The van der Waals surface area contributed by atoms with Crippen LogP contribution in [0.4, 0.5) is 0 Å². The Morgan fingerprint density at radius 1 is 1.09 bits per heavy atom. The quantitative estimate of drug-likeness (QED) is 0.544. The summed E-state index contributed by atoms with van der Waals surface area (Å²) in [6, 6.07) is 13.8. The van der Waals surface area contributed by atoms with Gasteiger partial charge in [0.25, 0.3) is 0 Å². The van der Waals surface area contributed by atoms with Crippen molar-refractivity contribution in [1.29, 1.82) is 0 Å². The predicted molar refractivity (Wildman–Crippen MR) is 135 cm³/mol. The van der Waals surface area contributed by atoms with Crippen molar-refractivity contribution in [2.75, 3.05) is 40.4 Å². The minimum atomic E-state index is -0.0176. The number of methoxy groups -OCH3 is 2. The van der Waals surface area contributed by atoms with Gasteiger partial charge in [-0.25, -0.2) is 0 Å². The zero-order chi connectivity index (χ0) is 24.8. The minimum absolute atomic E-state index is 0.0176. The first-order valence-corrected chi connectivity index (χ1v) is 12.2. The van der Waals surface area contributed by atoms with Gasteiger partial charge in [-0.15, -0.1) is 0 Å². The number of carbonyl (C=O) groups excluding carboxylic acids is 1. The lowest BCUT2D eigenvalue weighted by atomic mass is 9.88. The zero-order valence-electron chi connectivity index (χ0n) is 21.5. The number of amides is 1. The SMILES string of the molecule is COc1cccc(C2CN(Cc3ccc(O)c(OC)c3)CC2CN(CC(C)C)C(=O)C(C)C)c1. The lowest BCUT2D eigenvalue weighted by Crippen LogP contribution is -2.41. The Bertz CT molecular complexity index is 959. The fourth-order valence-electron chi connectivity index (χ4n) is 4.95. The van der Waals surface area contributed by atoms with Crippen LogP contribution in [0.5, 0.6) is 17.2 Å². The second-order valence-electron chi connectivity index (χ2n) is 10.1. The molecule has 6 nitrogen and oxygen atoms in total. The maximum absolute atomic E-state index is 13.0. The van der Waals surface area contributed by atoms with Crippen molar-refractivity contribution >= 4 is 5.91 Å². The molecule has 1 N–H and O–H groups in total. The number of phenolic OH excluding ortho intramolecular Hbond substituents is 1. The molecule has 2 aromatic rings. The highest BCUT2D eigenvalue weighted by atomic mass is 16.5. The number of benzene rings is 2. The molecule has 1 aliphatic rings. The van der Waals surface area contributed by atoms with Crippen molar-refractivity contribution in [2.24, 2.45) is 17.8 Å². The molecule has 6 heteroatoms. The normalized spacial score (nSPS) is 18.5. The number of nitrogens with zero attached hydrogens (tertiary/aromatic N) is 2. The van der Waals surface area contributed by atoms with Crippen molar-refractivity contribution in [3.8, 4) is 17.2 Å². The number of aromatic hydroxyl groups is 1. The molecule has 2 aromatic carbocycles. The first-order chi connectivity index (χ1) is 16.2. The highest BCUT2D eigenvalue weighted by Crippen LogP contribution is 2.36. The van der Waals surface area contributed by atoms with E-state index < -0.39 is 0 Å². The number of hydrogen-bond acceptors (Lipinski definition) is 5. The highest BCUT2D eigenvalue weighted by molar-refractivity contribution is 5.78. The Kier molecular flexibility index (Phi) is 8.84. The van der Waals surface area contributed by atoms with Crippen LogP contribution in [0.3, 0.4) is 0 Å². The van der Waals surface area contributed by atoms with Crippen LogP contribution in [0.25, 0.3) is 0 Å². The Balaban J connectivity index is 1.86. The van der Waals surface area contributed by atoms with E-state index in [0.717, 1.165) is 44.0 Å². The maximum Gasteiger partial charge on any atom is 0.225 e. The molecule has 1 aliphatic heterocycles. The molecule has 0 aromatic heterocycles. The van der Waals surface area contributed by atoms with E-state index in [0.29, 0.717) is 23.5 Å². The molecule has 1 heterocycles. The van der Waals surface area contributed by atoms with Gasteiger partial charge in [-0.1, -0.05) is 45.9 Å². The van der Waals surface area contributed by atoms with E-state index in [1.807, 2.05) is 38.1 Å². The van der Waals surface area contributed by atoms with Crippen LogP contribution in [-0.2, 0) is 11.3 Å². The number of likely N-dealkylation sites (tertiary alicyclic amines) is 1. The Morgan fingerprint density at radius 2 is 1.85 bits per heavy atom. The van der Waals surface area contributed by atoms with E-state index in [1.165, 1.54) is 5.56 Å². The summed E-state index contributed by atoms with van der Waals surface area (Å²) in [5.41, 5.74) is 2.34. The second kappa shape index (κ2) is 11.6. The van der Waals surface area contributed by atoms with E-state index in [9.17, 15) is 9.90 Å². The maximum atomic E-state index is 13.0. The van der Waals surface area contributed by atoms with Gasteiger partial charge in [0.2, 0.25) is 5.91 Å². The first kappa shape index (κ1) is 25.9. The zero-order valence-corrected chi connectivity index (χ0v) is 21.5. The molecule has 0 bridgehead atoms. The van der Waals surface area contributed by atoms with Crippen molar-refractivity contribution in [3.05, 3.63) is 53.6 Å². The van der Waals surface area contributed by atoms with Crippen LogP contribution < -0.4 is 9.47 Å². The Labute approximate surface area is 204 Å². The third-order valence-corrected chi connectivity index (χ3v) is 6.53. The summed E-state index contributed by atoms with van der Waals surface area (Å²) in [6.07, 6.45) is 0. The lowest BCUT2D eigenvalue weighted by molar-refractivity contribution is -0.135. The summed E-state index contributed by atoms with van der Waals surface area (Å²) in [6.45, 7) is 12.4. The standard InChI is InChI=1S/C28H40N2O4/c1-19(2)14-30(28(32)20(3)4)17-23-16-29(15-21-10-11-26(31)27(12-21)34-6)18-25(23)22-8-7-9-24(13-22)33-5/h7-13,19-20,23,25,31H,14-18H2,1-6H3. The average Bonchev–Trinajstić information content (AvgIpc) is 3.21. The van der Waals surface area contributed by atoms with Crippen molar-refractivity contribution in [2.45, 2.75) is 40.2 Å². The van der Waals surface area contributed by atoms with E-state index in [1.54, 1.807) is 20.3 Å². The number of rotatable bonds is 10. The van der Waals surface area contributed by atoms with Gasteiger partial charge in [-0.3, -0.25) is 9.69 Å². The molecule has 0 aliphatic carbocycles. The molecular formula is C28H40N2O4. The van der Waals surface area contributed by atoms with Crippen LogP contribution >= 0.6 is 0 Å². The predicted octanol–water partition coefficient (Wildman–Crippen LogP) is 4.77. The van der Waals surface area contributed by atoms with Gasteiger partial charge in [0.15, 0.2) is 11.5 Å². The fraction of sp³-hybridized carbons (Fsp3) is 0.536. The smallest absolute Gasteiger partial charge is 0.225 e. The van der Waals surface area contributed by atoms with Gasteiger partial charge in [0.1, 0.15) is 5.75 Å². The molecule has 1 amide bonds. The van der Waals surface area contributed by atoms with Gasteiger partial charge in [-0.2, -0.15) is 0 Å². The molecular weight excluding hydrogens is 428 g/mol. The number of hydrogen-bond donors (Lipinski definition) is 1. The average molecular weight is 469 g/mol. The molecule has 186 valence electrons. The van der Waals surface area contributed by atoms with Gasteiger partial charge >= 0.3 is 0 Å². The first-order valence-electron chi connectivity index (χ1n) is 12.2. The van der Waals surface area contributed by atoms with Crippen LogP contribution in [0.1, 0.15) is 44.7 Å². The van der Waals surface area contributed by atoms with Crippen molar-refractivity contribution in [1.82, 2.24) is 9.80 Å². The van der Waals surface area contributed by atoms with Gasteiger partial charge in [-0.05, 0) is 47.2 Å². The summed E-state index contributed by atoms with van der Waals surface area (Å²) >= 11 is 0. The van der Waals surface area contributed by atoms with Crippen molar-refractivity contribution < 1.29 is 19.4 Å². The monoisotopic (exact) mass is 468 g/mol. The summed E-state index contributed by atoms with van der Waals surface area (Å²) < 4.78 is 10.8. The molecule has 1 fully saturated rings. The molecule has 0 spiro atoms. The third-order valence-electron chi connectivity index (χ3n) is 6.53. The Morgan fingerprint density at radius 3 is 2.50 bits per heavy atom. The Hall–Kier alpha value is -2.73.